The Morgan fingerprint density at radius 2 is 2.29 bits per heavy atom. The quantitative estimate of drug-likeness (QED) is 0.882. The van der Waals surface area contributed by atoms with E-state index in [1.807, 2.05) is 41.7 Å². The van der Waals surface area contributed by atoms with E-state index in [2.05, 4.69) is 5.32 Å². The fraction of sp³-hybridized carbons (Fsp3) is 0.400. The van der Waals surface area contributed by atoms with Crippen molar-refractivity contribution in [3.05, 3.63) is 35.6 Å². The van der Waals surface area contributed by atoms with Crippen LogP contribution in [-0.4, -0.2) is 40.1 Å². The van der Waals surface area contributed by atoms with Crippen LogP contribution in [0.25, 0.3) is 11.0 Å². The number of carboxylic acids is 1. The molecule has 1 aliphatic rings. The van der Waals surface area contributed by atoms with Gasteiger partial charge in [-0.1, -0.05) is 6.07 Å². The zero-order valence-electron chi connectivity index (χ0n) is 11.5. The van der Waals surface area contributed by atoms with E-state index in [4.69, 9.17) is 9.52 Å². The molecule has 3 rings (SSSR count). The Kier molecular flexibility index (Phi) is 4.77. The van der Waals surface area contributed by atoms with E-state index < -0.39 is 5.97 Å². The summed E-state index contributed by atoms with van der Waals surface area (Å²) in [6.07, 6.45) is 0. The topological polar surface area (TPSA) is 62.5 Å². The monoisotopic (exact) mass is 323 g/mol. The molecule has 1 aromatic heterocycles. The van der Waals surface area contributed by atoms with E-state index >= 15 is 0 Å². The van der Waals surface area contributed by atoms with Crippen molar-refractivity contribution in [2.75, 3.05) is 23.8 Å². The molecule has 1 aliphatic heterocycles. The normalized spacial score (nSPS) is 19.0. The fourth-order valence-corrected chi connectivity index (χ4v) is 4.99. The molecular weight excluding hydrogens is 306 g/mol. The van der Waals surface area contributed by atoms with Crippen LogP contribution >= 0.6 is 23.5 Å². The van der Waals surface area contributed by atoms with Crippen LogP contribution in [0, 0.1) is 0 Å². The molecule has 112 valence electrons. The van der Waals surface area contributed by atoms with Crippen LogP contribution in [0.4, 0.5) is 0 Å². The first kappa shape index (κ1) is 14.8. The average Bonchev–Trinajstić information content (AvgIpc) is 2.92. The Bertz CT molecular complexity index is 635. The van der Waals surface area contributed by atoms with Gasteiger partial charge in [0.1, 0.15) is 5.58 Å². The highest BCUT2D eigenvalue weighted by atomic mass is 32.2. The lowest BCUT2D eigenvalue weighted by atomic mass is 10.1. The lowest BCUT2D eigenvalue weighted by molar-refractivity contribution is 0.0665. The van der Waals surface area contributed by atoms with E-state index in [1.165, 1.54) is 17.3 Å². The molecule has 2 heterocycles. The fourth-order valence-electron chi connectivity index (χ4n) is 2.34. The molecule has 1 unspecified atom stereocenters. The van der Waals surface area contributed by atoms with Gasteiger partial charge < -0.3 is 14.8 Å². The summed E-state index contributed by atoms with van der Waals surface area (Å²) in [6.45, 7) is 1.81. The highest BCUT2D eigenvalue weighted by molar-refractivity contribution is 8.06. The van der Waals surface area contributed by atoms with Gasteiger partial charge in [0.05, 0.1) is 0 Å². The molecule has 6 heteroatoms. The number of hydrogen-bond donors (Lipinski definition) is 2. The second kappa shape index (κ2) is 6.77. The first-order chi connectivity index (χ1) is 10.2. The van der Waals surface area contributed by atoms with Gasteiger partial charge >= 0.3 is 5.97 Å². The van der Waals surface area contributed by atoms with Gasteiger partial charge in [-0.05, 0) is 23.8 Å². The second-order valence-corrected chi connectivity index (χ2v) is 7.54. The van der Waals surface area contributed by atoms with Crippen molar-refractivity contribution in [2.24, 2.45) is 0 Å². The summed E-state index contributed by atoms with van der Waals surface area (Å²) < 4.78 is 5.26. The Hall–Kier alpha value is -1.11. The first-order valence-electron chi connectivity index (χ1n) is 6.88. The Morgan fingerprint density at radius 1 is 1.38 bits per heavy atom. The third-order valence-corrected chi connectivity index (χ3v) is 6.22. The molecule has 0 aliphatic carbocycles. The molecule has 21 heavy (non-hydrogen) atoms. The van der Waals surface area contributed by atoms with Gasteiger partial charge in [0.25, 0.3) is 0 Å². The summed E-state index contributed by atoms with van der Waals surface area (Å²) in [7, 11) is 0. The Balaban J connectivity index is 1.60. The standard InChI is InChI=1S/C15H17NO3S2/c17-15(18)14-6-11-5-10(1-2-13(11)19-14)7-16-8-12-9-20-3-4-21-12/h1-2,5-6,12,16H,3-4,7-9H2,(H,17,18). The second-order valence-electron chi connectivity index (χ2n) is 4.99. The molecule has 2 N–H and O–H groups in total. The molecule has 1 aromatic carbocycles. The molecule has 0 bridgehead atoms. The minimum Gasteiger partial charge on any atom is -0.475 e. The van der Waals surface area contributed by atoms with Gasteiger partial charge in [0.15, 0.2) is 0 Å². The van der Waals surface area contributed by atoms with Crippen LogP contribution in [0.2, 0.25) is 0 Å². The number of rotatable bonds is 5. The molecule has 0 saturated carbocycles. The third-order valence-electron chi connectivity index (χ3n) is 3.38. The number of fused-ring (bicyclic) bond motifs is 1. The predicted octanol–water partition coefficient (Wildman–Crippen LogP) is 3.07. The number of aromatic carboxylic acids is 1. The van der Waals surface area contributed by atoms with Crippen molar-refractivity contribution < 1.29 is 14.3 Å². The van der Waals surface area contributed by atoms with Gasteiger partial charge in [-0.25, -0.2) is 4.79 Å². The number of furan rings is 1. The molecule has 1 fully saturated rings. The third kappa shape index (κ3) is 3.75. The number of benzene rings is 1. The van der Waals surface area contributed by atoms with Gasteiger partial charge in [0.2, 0.25) is 5.76 Å². The van der Waals surface area contributed by atoms with E-state index in [0.29, 0.717) is 10.8 Å². The molecule has 2 aromatic rings. The maximum absolute atomic E-state index is 10.9. The van der Waals surface area contributed by atoms with Crippen molar-refractivity contribution >= 4 is 40.5 Å². The van der Waals surface area contributed by atoms with E-state index in [1.54, 1.807) is 6.07 Å². The van der Waals surface area contributed by atoms with Crippen LogP contribution in [0.15, 0.2) is 28.7 Å². The summed E-state index contributed by atoms with van der Waals surface area (Å²) in [4.78, 5) is 10.9. The average molecular weight is 323 g/mol. The van der Waals surface area contributed by atoms with Crippen LogP contribution in [0.1, 0.15) is 16.1 Å². The first-order valence-corrected chi connectivity index (χ1v) is 9.08. The van der Waals surface area contributed by atoms with Crippen molar-refractivity contribution in [1.82, 2.24) is 5.32 Å². The zero-order valence-corrected chi connectivity index (χ0v) is 13.1. The van der Waals surface area contributed by atoms with Crippen molar-refractivity contribution in [3.63, 3.8) is 0 Å². The van der Waals surface area contributed by atoms with E-state index in [0.717, 1.165) is 24.0 Å². The number of nitrogens with one attached hydrogen (secondary N) is 1. The smallest absolute Gasteiger partial charge is 0.371 e. The molecule has 1 saturated heterocycles. The number of carbonyl (C=O) groups is 1. The summed E-state index contributed by atoms with van der Waals surface area (Å²) in [6, 6.07) is 7.38. The molecule has 1 atom stereocenters. The van der Waals surface area contributed by atoms with Gasteiger partial charge in [-0.15, -0.1) is 0 Å². The molecule has 0 amide bonds. The maximum Gasteiger partial charge on any atom is 0.371 e. The Labute approximate surface area is 131 Å². The van der Waals surface area contributed by atoms with Crippen molar-refractivity contribution in [3.8, 4) is 0 Å². The summed E-state index contributed by atoms with van der Waals surface area (Å²) in [5.74, 6) is 2.70. The number of hydrogen-bond acceptors (Lipinski definition) is 5. The van der Waals surface area contributed by atoms with Gasteiger partial charge in [0, 0.05) is 41.0 Å². The van der Waals surface area contributed by atoms with E-state index in [-0.39, 0.29) is 5.76 Å². The highest BCUT2D eigenvalue weighted by Crippen LogP contribution is 2.24. The maximum atomic E-state index is 10.9. The number of thioether (sulfide) groups is 2. The lowest BCUT2D eigenvalue weighted by Crippen LogP contribution is -2.28. The molecule has 4 nitrogen and oxygen atoms in total. The molecule has 0 radical (unpaired) electrons. The van der Waals surface area contributed by atoms with Gasteiger partial charge in [-0.3, -0.25) is 0 Å². The van der Waals surface area contributed by atoms with Crippen molar-refractivity contribution in [1.29, 1.82) is 0 Å². The lowest BCUT2D eigenvalue weighted by Gasteiger charge is -2.21. The van der Waals surface area contributed by atoms with Crippen LogP contribution in [0.3, 0.4) is 0 Å². The largest absolute Gasteiger partial charge is 0.475 e. The minimum atomic E-state index is -1.03. The summed E-state index contributed by atoms with van der Waals surface area (Å²) in [5.41, 5.74) is 1.77. The molecule has 0 spiro atoms. The Morgan fingerprint density at radius 3 is 3.05 bits per heavy atom. The van der Waals surface area contributed by atoms with Gasteiger partial charge in [-0.2, -0.15) is 23.5 Å². The highest BCUT2D eigenvalue weighted by Gasteiger charge is 2.14. The van der Waals surface area contributed by atoms with Crippen molar-refractivity contribution in [2.45, 2.75) is 11.8 Å². The number of carboxylic acid groups (broad SMARTS) is 1. The summed E-state index contributed by atoms with van der Waals surface area (Å²) in [5, 5.41) is 14.0. The van der Waals surface area contributed by atoms with Crippen LogP contribution in [0.5, 0.6) is 0 Å². The zero-order chi connectivity index (χ0) is 14.7. The summed E-state index contributed by atoms with van der Waals surface area (Å²) >= 11 is 4.07. The minimum absolute atomic E-state index is 0.00857. The predicted molar refractivity (Wildman–Crippen MR) is 88.5 cm³/mol. The van der Waals surface area contributed by atoms with Crippen LogP contribution < -0.4 is 5.32 Å². The van der Waals surface area contributed by atoms with Crippen LogP contribution in [-0.2, 0) is 6.54 Å². The molecular formula is C15H17NO3S2. The van der Waals surface area contributed by atoms with E-state index in [9.17, 15) is 4.79 Å². The SMILES string of the molecule is O=C(O)c1cc2cc(CNCC3CSCCS3)ccc2o1.